The summed E-state index contributed by atoms with van der Waals surface area (Å²) in [7, 11) is 0. The fourth-order valence-corrected chi connectivity index (χ4v) is 3.71. The maximum absolute atomic E-state index is 12.6. The summed E-state index contributed by atoms with van der Waals surface area (Å²) in [6, 6.07) is 24.1. The van der Waals surface area contributed by atoms with E-state index in [4.69, 9.17) is 4.98 Å². The van der Waals surface area contributed by atoms with Gasteiger partial charge >= 0.3 is 5.69 Å². The predicted octanol–water partition coefficient (Wildman–Crippen LogP) is 4.55. The minimum absolute atomic E-state index is 0.153. The van der Waals surface area contributed by atoms with Crippen molar-refractivity contribution in [3.8, 4) is 11.3 Å². The van der Waals surface area contributed by atoms with Crippen LogP contribution in [-0.2, 0) is 0 Å². The van der Waals surface area contributed by atoms with Crippen molar-refractivity contribution >= 4 is 22.1 Å². The van der Waals surface area contributed by atoms with Crippen LogP contribution in [0.1, 0.15) is 18.5 Å². The number of hydrogen-bond acceptors (Lipinski definition) is 3. The largest absolute Gasteiger partial charge is 0.329 e. The number of fused-ring (bicyclic) bond motifs is 2. The lowest BCUT2D eigenvalue weighted by molar-refractivity contribution is 0.631. The standard InChI is InChI=1S/C23H18N4O/c1-15(16-8-3-2-4-9-16)27-22-21(26-23(27)28)24-14-20(25-22)19-13-7-11-17-10-5-6-12-18(17)19/h2-15H,1H3,(H,24,26,28). The van der Waals surface area contributed by atoms with E-state index in [-0.39, 0.29) is 11.7 Å². The third kappa shape index (κ3) is 2.60. The summed E-state index contributed by atoms with van der Waals surface area (Å²) in [5.41, 5.74) is 3.64. The Bertz CT molecular complexity index is 1350. The van der Waals surface area contributed by atoms with E-state index in [1.54, 1.807) is 10.8 Å². The molecule has 5 heteroatoms. The number of H-pyrrole nitrogens is 1. The Morgan fingerprint density at radius 2 is 1.68 bits per heavy atom. The Hall–Kier alpha value is -3.73. The minimum Gasteiger partial charge on any atom is -0.289 e. The monoisotopic (exact) mass is 366 g/mol. The van der Waals surface area contributed by atoms with Crippen LogP contribution in [0.4, 0.5) is 0 Å². The molecule has 0 amide bonds. The van der Waals surface area contributed by atoms with Gasteiger partial charge in [-0.3, -0.25) is 9.55 Å². The predicted molar refractivity (Wildman–Crippen MR) is 111 cm³/mol. The molecule has 3 aromatic carbocycles. The maximum atomic E-state index is 12.6. The molecule has 28 heavy (non-hydrogen) atoms. The van der Waals surface area contributed by atoms with Crippen LogP contribution in [0.15, 0.2) is 83.8 Å². The van der Waals surface area contributed by atoms with Crippen LogP contribution < -0.4 is 5.69 Å². The SMILES string of the molecule is CC(c1ccccc1)n1c(=O)[nH]c2ncc(-c3cccc4ccccc34)nc21. The average molecular weight is 366 g/mol. The first-order valence-corrected chi connectivity index (χ1v) is 9.23. The van der Waals surface area contributed by atoms with Crippen LogP contribution in [0.3, 0.4) is 0 Å². The molecule has 136 valence electrons. The van der Waals surface area contributed by atoms with Crippen molar-refractivity contribution in [2.45, 2.75) is 13.0 Å². The molecule has 0 aliphatic heterocycles. The topological polar surface area (TPSA) is 63.6 Å². The Labute approximate surface area is 161 Å². The molecule has 1 unspecified atom stereocenters. The number of nitrogens with one attached hydrogen (secondary N) is 1. The maximum Gasteiger partial charge on any atom is 0.329 e. The molecule has 5 aromatic rings. The Balaban J connectivity index is 1.72. The molecule has 0 aliphatic carbocycles. The van der Waals surface area contributed by atoms with Gasteiger partial charge in [-0.15, -0.1) is 0 Å². The summed E-state index contributed by atoms with van der Waals surface area (Å²) in [5.74, 6) is 0. The zero-order chi connectivity index (χ0) is 19.1. The summed E-state index contributed by atoms with van der Waals surface area (Å²) in [5, 5.41) is 2.25. The molecule has 0 radical (unpaired) electrons. The third-order valence-corrected chi connectivity index (χ3v) is 5.16. The van der Waals surface area contributed by atoms with E-state index in [0.29, 0.717) is 11.3 Å². The van der Waals surface area contributed by atoms with Gasteiger partial charge in [0.2, 0.25) is 0 Å². The van der Waals surface area contributed by atoms with E-state index in [9.17, 15) is 4.79 Å². The zero-order valence-electron chi connectivity index (χ0n) is 15.3. The number of rotatable bonds is 3. The van der Waals surface area contributed by atoms with Crippen LogP contribution in [0.25, 0.3) is 33.3 Å². The van der Waals surface area contributed by atoms with Crippen molar-refractivity contribution in [1.82, 2.24) is 19.5 Å². The van der Waals surface area contributed by atoms with E-state index >= 15 is 0 Å². The molecule has 0 fully saturated rings. The van der Waals surface area contributed by atoms with Gasteiger partial charge in [0.05, 0.1) is 17.9 Å². The Morgan fingerprint density at radius 1 is 0.929 bits per heavy atom. The lowest BCUT2D eigenvalue weighted by Gasteiger charge is -2.13. The number of aromatic amines is 1. The van der Waals surface area contributed by atoms with Crippen molar-refractivity contribution < 1.29 is 0 Å². The van der Waals surface area contributed by atoms with Gasteiger partial charge in [-0.25, -0.2) is 14.8 Å². The van der Waals surface area contributed by atoms with Gasteiger partial charge in [0.15, 0.2) is 11.3 Å². The van der Waals surface area contributed by atoms with Crippen LogP contribution in [0, 0.1) is 0 Å². The van der Waals surface area contributed by atoms with Crippen molar-refractivity contribution in [3.63, 3.8) is 0 Å². The first kappa shape index (κ1) is 16.4. The molecule has 1 N–H and O–H groups in total. The van der Waals surface area contributed by atoms with Gasteiger partial charge in [-0.1, -0.05) is 72.8 Å². The molecule has 0 spiro atoms. The fourth-order valence-electron chi connectivity index (χ4n) is 3.71. The van der Waals surface area contributed by atoms with Gasteiger partial charge in [0.25, 0.3) is 0 Å². The van der Waals surface area contributed by atoms with Crippen LogP contribution >= 0.6 is 0 Å². The third-order valence-electron chi connectivity index (χ3n) is 5.16. The van der Waals surface area contributed by atoms with Gasteiger partial charge in [-0.05, 0) is 23.3 Å². The van der Waals surface area contributed by atoms with E-state index in [1.807, 2.05) is 61.5 Å². The second kappa shape index (κ2) is 6.46. The quantitative estimate of drug-likeness (QED) is 0.509. The minimum atomic E-state index is -0.207. The highest BCUT2D eigenvalue weighted by Gasteiger charge is 2.18. The summed E-state index contributed by atoms with van der Waals surface area (Å²) < 4.78 is 1.67. The molecule has 2 aromatic heterocycles. The number of nitrogens with zero attached hydrogens (tertiary/aromatic N) is 3. The van der Waals surface area contributed by atoms with Crippen molar-refractivity contribution in [1.29, 1.82) is 0 Å². The van der Waals surface area contributed by atoms with Gasteiger partial charge in [-0.2, -0.15) is 0 Å². The lowest BCUT2D eigenvalue weighted by atomic mass is 10.0. The van der Waals surface area contributed by atoms with E-state index in [0.717, 1.165) is 27.6 Å². The number of imidazole rings is 1. The smallest absolute Gasteiger partial charge is 0.289 e. The van der Waals surface area contributed by atoms with Gasteiger partial charge in [0.1, 0.15) is 0 Å². The number of benzene rings is 3. The summed E-state index contributed by atoms with van der Waals surface area (Å²) in [6.45, 7) is 2.00. The summed E-state index contributed by atoms with van der Waals surface area (Å²) in [4.78, 5) is 24.8. The first-order valence-electron chi connectivity index (χ1n) is 9.23. The second-order valence-electron chi connectivity index (χ2n) is 6.84. The van der Waals surface area contributed by atoms with Crippen LogP contribution in [-0.4, -0.2) is 19.5 Å². The summed E-state index contributed by atoms with van der Waals surface area (Å²) in [6.07, 6.45) is 1.72. The normalized spacial score (nSPS) is 12.5. The lowest BCUT2D eigenvalue weighted by Crippen LogP contribution is -2.21. The molecule has 0 saturated carbocycles. The molecule has 5 nitrogen and oxygen atoms in total. The number of aromatic nitrogens is 4. The van der Waals surface area contributed by atoms with E-state index in [2.05, 4.69) is 28.2 Å². The average Bonchev–Trinajstić information content (AvgIpc) is 3.08. The molecule has 0 saturated heterocycles. The molecule has 1 atom stereocenters. The first-order chi connectivity index (χ1) is 13.7. The molecule has 0 aliphatic rings. The fraction of sp³-hybridized carbons (Fsp3) is 0.0870. The van der Waals surface area contributed by atoms with Crippen LogP contribution in [0.2, 0.25) is 0 Å². The highest BCUT2D eigenvalue weighted by Crippen LogP contribution is 2.28. The second-order valence-corrected chi connectivity index (χ2v) is 6.84. The van der Waals surface area contributed by atoms with Gasteiger partial charge < -0.3 is 0 Å². The van der Waals surface area contributed by atoms with E-state index in [1.165, 1.54) is 0 Å². The molecule has 5 rings (SSSR count). The van der Waals surface area contributed by atoms with Gasteiger partial charge in [0, 0.05) is 5.56 Å². The van der Waals surface area contributed by atoms with E-state index < -0.39 is 0 Å². The summed E-state index contributed by atoms with van der Waals surface area (Å²) >= 11 is 0. The Morgan fingerprint density at radius 3 is 2.54 bits per heavy atom. The highest BCUT2D eigenvalue weighted by atomic mass is 16.1. The van der Waals surface area contributed by atoms with Crippen molar-refractivity contribution in [2.75, 3.05) is 0 Å². The van der Waals surface area contributed by atoms with Crippen LogP contribution in [0.5, 0.6) is 0 Å². The number of hydrogen-bond donors (Lipinski definition) is 1. The van der Waals surface area contributed by atoms with Crippen molar-refractivity contribution in [3.05, 3.63) is 95.0 Å². The molecule has 0 bridgehead atoms. The Kier molecular flexibility index (Phi) is 3.79. The molecular formula is C23H18N4O. The van der Waals surface area contributed by atoms with Crippen molar-refractivity contribution in [2.24, 2.45) is 0 Å². The molecular weight excluding hydrogens is 348 g/mol. The highest BCUT2D eigenvalue weighted by molar-refractivity contribution is 5.96. The molecule has 2 heterocycles. The zero-order valence-corrected chi connectivity index (χ0v) is 15.3.